The molecule has 0 aromatic heterocycles. The summed E-state index contributed by atoms with van der Waals surface area (Å²) in [6.45, 7) is 1.91. The predicted octanol–water partition coefficient (Wildman–Crippen LogP) is 3.40. The topological polar surface area (TPSA) is 79.0 Å². The Balaban J connectivity index is 1.59. The molecule has 1 N–H and O–H groups in total. The molecule has 0 radical (unpaired) electrons. The number of ether oxygens (including phenoxy) is 1. The van der Waals surface area contributed by atoms with Crippen molar-refractivity contribution in [1.29, 1.82) is 0 Å². The molecule has 3 atom stereocenters. The summed E-state index contributed by atoms with van der Waals surface area (Å²) in [5.41, 5.74) is 5.35. The van der Waals surface area contributed by atoms with Crippen LogP contribution in [0.5, 0.6) is 5.75 Å². The van der Waals surface area contributed by atoms with Crippen molar-refractivity contribution in [2.75, 3.05) is 12.0 Å². The van der Waals surface area contributed by atoms with Crippen LogP contribution in [0.2, 0.25) is 0 Å². The Kier molecular flexibility index (Phi) is 5.37. The molecule has 0 unspecified atom stereocenters. The van der Waals surface area contributed by atoms with Crippen molar-refractivity contribution in [2.24, 2.45) is 5.92 Å². The van der Waals surface area contributed by atoms with Crippen LogP contribution in [0.25, 0.3) is 0 Å². The number of imide groups is 1. The van der Waals surface area contributed by atoms with Crippen molar-refractivity contribution in [3.05, 3.63) is 95.3 Å². The van der Waals surface area contributed by atoms with Crippen LogP contribution in [0.3, 0.4) is 0 Å². The van der Waals surface area contributed by atoms with E-state index in [1.54, 1.807) is 60.7 Å². The van der Waals surface area contributed by atoms with Crippen LogP contribution < -0.4 is 15.1 Å². The maximum atomic E-state index is 13.7. The Morgan fingerprint density at radius 3 is 2.29 bits per heavy atom. The molecule has 8 heteroatoms. The standard InChI is InChI=1S/C26H22FN3O4/c1-15-7-9-17(10-8-15)24(31)30-23-21(22(28-30)16-11-13-18(27)14-12-16)25(32)29(26(23)33)19-5-3-4-6-20(19)34-2/h3-14,21-23,28H,1-2H3/t21-,22-,23+/m1/s1. The van der Waals surface area contributed by atoms with Gasteiger partial charge < -0.3 is 4.74 Å². The molecule has 2 heterocycles. The molecule has 2 aliphatic heterocycles. The highest BCUT2D eigenvalue weighted by molar-refractivity contribution is 6.25. The number of nitrogens with one attached hydrogen (secondary N) is 1. The summed E-state index contributed by atoms with van der Waals surface area (Å²) < 4.78 is 18.9. The molecule has 2 fully saturated rings. The number of nitrogens with zero attached hydrogens (tertiary/aromatic N) is 2. The maximum absolute atomic E-state index is 13.7. The zero-order valence-corrected chi connectivity index (χ0v) is 18.6. The van der Waals surface area contributed by atoms with Crippen molar-refractivity contribution < 1.29 is 23.5 Å². The van der Waals surface area contributed by atoms with E-state index in [-0.39, 0.29) is 0 Å². The van der Waals surface area contributed by atoms with Crippen LogP contribution in [0.4, 0.5) is 10.1 Å². The van der Waals surface area contributed by atoms with Crippen LogP contribution in [0, 0.1) is 18.7 Å². The number of amides is 3. The number of anilines is 1. The lowest BCUT2D eigenvalue weighted by Crippen LogP contribution is -2.48. The van der Waals surface area contributed by atoms with Crippen LogP contribution in [0.1, 0.15) is 27.5 Å². The molecule has 7 nitrogen and oxygen atoms in total. The molecule has 0 saturated carbocycles. The average Bonchev–Trinajstić information content (AvgIpc) is 3.36. The van der Waals surface area contributed by atoms with Gasteiger partial charge in [-0.05, 0) is 48.9 Å². The minimum absolute atomic E-state index is 0.315. The Morgan fingerprint density at radius 1 is 0.941 bits per heavy atom. The minimum Gasteiger partial charge on any atom is -0.495 e. The van der Waals surface area contributed by atoms with E-state index in [2.05, 4.69) is 5.43 Å². The fourth-order valence-electron chi connectivity index (χ4n) is 4.61. The SMILES string of the molecule is COc1ccccc1N1C(=O)[C@@H]2[C@@H](c3ccc(F)cc3)NN(C(=O)c3ccc(C)cc3)[C@@H]2C1=O. The second-order valence-electron chi connectivity index (χ2n) is 8.35. The van der Waals surface area contributed by atoms with Gasteiger partial charge in [0, 0.05) is 5.56 Å². The minimum atomic E-state index is -1.07. The molecular formula is C26H22FN3O4. The van der Waals surface area contributed by atoms with Crippen molar-refractivity contribution >= 4 is 23.4 Å². The van der Waals surface area contributed by atoms with E-state index < -0.39 is 41.5 Å². The van der Waals surface area contributed by atoms with E-state index in [1.807, 2.05) is 6.92 Å². The molecule has 34 heavy (non-hydrogen) atoms. The average molecular weight is 459 g/mol. The number of hydrogen-bond donors (Lipinski definition) is 1. The zero-order chi connectivity index (χ0) is 24.0. The highest BCUT2D eigenvalue weighted by Crippen LogP contribution is 2.44. The first-order valence-electron chi connectivity index (χ1n) is 10.8. The van der Waals surface area contributed by atoms with E-state index in [0.29, 0.717) is 22.6 Å². The number of rotatable bonds is 4. The Labute approximate surface area is 195 Å². The summed E-state index contributed by atoms with van der Waals surface area (Å²) in [5.74, 6) is -2.36. The van der Waals surface area contributed by atoms with Gasteiger partial charge in [0.25, 0.3) is 11.8 Å². The lowest BCUT2D eigenvalue weighted by molar-refractivity contribution is -0.123. The Morgan fingerprint density at radius 2 is 1.62 bits per heavy atom. The van der Waals surface area contributed by atoms with E-state index in [0.717, 1.165) is 10.5 Å². The number of fused-ring (bicyclic) bond motifs is 1. The Bertz CT molecular complexity index is 1280. The summed E-state index contributed by atoms with van der Waals surface area (Å²) in [7, 11) is 1.46. The smallest absolute Gasteiger partial charge is 0.268 e. The van der Waals surface area contributed by atoms with Gasteiger partial charge in [-0.15, -0.1) is 0 Å². The summed E-state index contributed by atoms with van der Waals surface area (Å²) in [4.78, 5) is 41.8. The highest BCUT2D eigenvalue weighted by atomic mass is 19.1. The number of carbonyl (C=O) groups is 3. The van der Waals surface area contributed by atoms with Gasteiger partial charge in [0.15, 0.2) is 0 Å². The third kappa shape index (κ3) is 3.43. The number of benzene rings is 3. The number of aryl methyl sites for hydroxylation is 1. The van der Waals surface area contributed by atoms with E-state index >= 15 is 0 Å². The van der Waals surface area contributed by atoms with Crippen molar-refractivity contribution in [3.8, 4) is 5.75 Å². The third-order valence-corrected chi connectivity index (χ3v) is 6.31. The van der Waals surface area contributed by atoms with Gasteiger partial charge in [-0.25, -0.2) is 14.7 Å². The fraction of sp³-hybridized carbons (Fsp3) is 0.192. The normalized spacial score (nSPS) is 21.7. The van der Waals surface area contributed by atoms with Gasteiger partial charge in [-0.3, -0.25) is 19.4 Å². The quantitative estimate of drug-likeness (QED) is 0.605. The molecule has 5 rings (SSSR count). The molecule has 3 aromatic rings. The summed E-state index contributed by atoms with van der Waals surface area (Å²) in [6.07, 6.45) is 0. The molecule has 0 spiro atoms. The number of methoxy groups -OCH3 is 1. The molecule has 2 aliphatic rings. The second kappa shape index (κ2) is 8.39. The van der Waals surface area contributed by atoms with E-state index in [4.69, 9.17) is 4.74 Å². The lowest BCUT2D eigenvalue weighted by Gasteiger charge is -2.25. The fourth-order valence-corrected chi connectivity index (χ4v) is 4.61. The van der Waals surface area contributed by atoms with Gasteiger partial charge in [0.2, 0.25) is 5.91 Å². The van der Waals surface area contributed by atoms with Gasteiger partial charge in [-0.2, -0.15) is 0 Å². The van der Waals surface area contributed by atoms with Gasteiger partial charge in [0.1, 0.15) is 17.6 Å². The zero-order valence-electron chi connectivity index (χ0n) is 18.6. The van der Waals surface area contributed by atoms with Crippen molar-refractivity contribution in [1.82, 2.24) is 10.4 Å². The first-order chi connectivity index (χ1) is 16.4. The largest absolute Gasteiger partial charge is 0.495 e. The third-order valence-electron chi connectivity index (χ3n) is 6.31. The summed E-state index contributed by atoms with van der Waals surface area (Å²) in [6, 6.07) is 17.6. The molecule has 172 valence electrons. The first kappa shape index (κ1) is 21.8. The molecule has 3 amide bonds. The van der Waals surface area contributed by atoms with Gasteiger partial charge in [-0.1, -0.05) is 42.0 Å². The van der Waals surface area contributed by atoms with E-state index in [9.17, 15) is 18.8 Å². The van der Waals surface area contributed by atoms with E-state index in [1.165, 1.54) is 24.3 Å². The number of hydrazine groups is 1. The van der Waals surface area contributed by atoms with Crippen molar-refractivity contribution in [3.63, 3.8) is 0 Å². The maximum Gasteiger partial charge on any atom is 0.268 e. The summed E-state index contributed by atoms with van der Waals surface area (Å²) >= 11 is 0. The molecule has 2 saturated heterocycles. The van der Waals surface area contributed by atoms with Crippen LogP contribution >= 0.6 is 0 Å². The first-order valence-corrected chi connectivity index (χ1v) is 10.8. The van der Waals surface area contributed by atoms with Crippen molar-refractivity contribution in [2.45, 2.75) is 19.0 Å². The second-order valence-corrected chi connectivity index (χ2v) is 8.35. The molecule has 0 bridgehead atoms. The molecular weight excluding hydrogens is 437 g/mol. The lowest BCUT2D eigenvalue weighted by atomic mass is 9.91. The van der Waals surface area contributed by atoms with Crippen LogP contribution in [-0.4, -0.2) is 35.9 Å². The van der Waals surface area contributed by atoms with Crippen LogP contribution in [-0.2, 0) is 9.59 Å². The number of hydrogen-bond acceptors (Lipinski definition) is 5. The summed E-state index contributed by atoms with van der Waals surface area (Å²) in [5, 5.41) is 1.24. The van der Waals surface area contributed by atoms with Gasteiger partial charge >= 0.3 is 0 Å². The number of para-hydroxylation sites is 2. The number of halogens is 1. The highest BCUT2D eigenvalue weighted by Gasteiger charge is 2.60. The monoisotopic (exact) mass is 459 g/mol. The number of carbonyl (C=O) groups excluding carboxylic acids is 3. The Hall–Kier alpha value is -4.04. The predicted molar refractivity (Wildman–Crippen MR) is 122 cm³/mol. The van der Waals surface area contributed by atoms with Crippen LogP contribution in [0.15, 0.2) is 72.8 Å². The molecule has 3 aromatic carbocycles. The van der Waals surface area contributed by atoms with Gasteiger partial charge in [0.05, 0.1) is 24.8 Å². The molecule has 0 aliphatic carbocycles.